The average Bonchev–Trinajstić information content (AvgIpc) is 2.51. The number of benzene rings is 1. The molecule has 0 amide bonds. The molecule has 0 bridgehead atoms. The van der Waals surface area contributed by atoms with Crippen LogP contribution in [0.5, 0.6) is 0 Å². The zero-order chi connectivity index (χ0) is 15.2. The highest BCUT2D eigenvalue weighted by molar-refractivity contribution is 5.96. The molecule has 6 nitrogen and oxygen atoms in total. The molecule has 1 unspecified atom stereocenters. The van der Waals surface area contributed by atoms with E-state index in [4.69, 9.17) is 5.73 Å². The Kier molecular flexibility index (Phi) is 5.05. The molecule has 21 heavy (non-hydrogen) atoms. The molecule has 6 heteroatoms. The average molecular weight is 288 g/mol. The van der Waals surface area contributed by atoms with Crippen molar-refractivity contribution in [3.63, 3.8) is 0 Å². The number of fused-ring (bicyclic) bond motifs is 1. The van der Waals surface area contributed by atoms with E-state index in [1.54, 1.807) is 24.4 Å². The van der Waals surface area contributed by atoms with Crippen molar-refractivity contribution < 1.29 is 4.92 Å². The van der Waals surface area contributed by atoms with Crippen LogP contribution in [0.25, 0.3) is 10.9 Å². The van der Waals surface area contributed by atoms with Gasteiger partial charge in [0, 0.05) is 24.8 Å². The first-order chi connectivity index (χ1) is 10.2. The van der Waals surface area contributed by atoms with Crippen LogP contribution >= 0.6 is 0 Å². The number of non-ortho nitro benzene ring substituents is 1. The van der Waals surface area contributed by atoms with Crippen LogP contribution in [0.2, 0.25) is 0 Å². The third-order valence-electron chi connectivity index (χ3n) is 3.49. The third kappa shape index (κ3) is 3.46. The van der Waals surface area contributed by atoms with E-state index in [2.05, 4.69) is 17.2 Å². The number of nitrogens with zero attached hydrogens (tertiary/aromatic N) is 2. The predicted octanol–water partition coefficient (Wildman–Crippen LogP) is 3.07. The molecule has 1 aromatic carbocycles. The molecule has 0 aliphatic rings. The van der Waals surface area contributed by atoms with Gasteiger partial charge in [0.15, 0.2) is 0 Å². The van der Waals surface area contributed by atoms with Gasteiger partial charge in [0.25, 0.3) is 5.69 Å². The SMILES string of the molecule is CCCCC(CN)Nc1ccc([N+](=O)[O-])c2cccnc12. The van der Waals surface area contributed by atoms with E-state index in [1.165, 1.54) is 6.07 Å². The van der Waals surface area contributed by atoms with E-state index in [1.807, 2.05) is 0 Å². The minimum Gasteiger partial charge on any atom is -0.379 e. The summed E-state index contributed by atoms with van der Waals surface area (Å²) in [6.07, 6.45) is 4.81. The molecule has 0 saturated carbocycles. The topological polar surface area (TPSA) is 94.1 Å². The Morgan fingerprint density at radius 2 is 2.24 bits per heavy atom. The Hall–Kier alpha value is -2.21. The summed E-state index contributed by atoms with van der Waals surface area (Å²) in [5, 5.41) is 15.0. The molecule has 1 heterocycles. The first-order valence-corrected chi connectivity index (χ1v) is 7.16. The highest BCUT2D eigenvalue weighted by atomic mass is 16.6. The lowest BCUT2D eigenvalue weighted by molar-refractivity contribution is -0.383. The Morgan fingerprint density at radius 3 is 2.90 bits per heavy atom. The van der Waals surface area contributed by atoms with Crippen molar-refractivity contribution in [1.82, 2.24) is 4.98 Å². The number of nitrogens with one attached hydrogen (secondary N) is 1. The Labute approximate surface area is 123 Å². The third-order valence-corrected chi connectivity index (χ3v) is 3.49. The van der Waals surface area contributed by atoms with Crippen molar-refractivity contribution in [3.8, 4) is 0 Å². The minimum absolute atomic E-state index is 0.0708. The van der Waals surface area contributed by atoms with Gasteiger partial charge in [0.1, 0.15) is 5.52 Å². The number of aromatic nitrogens is 1. The summed E-state index contributed by atoms with van der Waals surface area (Å²) in [6.45, 7) is 2.65. The van der Waals surface area contributed by atoms with Crippen molar-refractivity contribution >= 4 is 22.3 Å². The number of nitrogens with two attached hydrogens (primary N) is 1. The van der Waals surface area contributed by atoms with Crippen molar-refractivity contribution in [3.05, 3.63) is 40.6 Å². The first-order valence-electron chi connectivity index (χ1n) is 7.16. The monoisotopic (exact) mass is 288 g/mol. The zero-order valence-electron chi connectivity index (χ0n) is 12.1. The van der Waals surface area contributed by atoms with Crippen LogP contribution in [0.15, 0.2) is 30.5 Å². The number of unbranched alkanes of at least 4 members (excludes halogenated alkanes) is 1. The molecule has 0 aliphatic carbocycles. The van der Waals surface area contributed by atoms with Crippen molar-refractivity contribution in [1.29, 1.82) is 0 Å². The van der Waals surface area contributed by atoms with Crippen molar-refractivity contribution in [2.24, 2.45) is 5.73 Å². The molecule has 0 saturated heterocycles. The number of nitro benzene ring substituents is 1. The van der Waals surface area contributed by atoms with E-state index in [9.17, 15) is 10.1 Å². The van der Waals surface area contributed by atoms with E-state index >= 15 is 0 Å². The normalized spacial score (nSPS) is 12.3. The molecule has 112 valence electrons. The fourth-order valence-electron chi connectivity index (χ4n) is 2.35. The van der Waals surface area contributed by atoms with Crippen molar-refractivity contribution in [2.75, 3.05) is 11.9 Å². The molecule has 2 aromatic rings. The van der Waals surface area contributed by atoms with E-state index in [0.717, 1.165) is 24.9 Å². The summed E-state index contributed by atoms with van der Waals surface area (Å²) in [7, 11) is 0. The quantitative estimate of drug-likeness (QED) is 0.603. The summed E-state index contributed by atoms with van der Waals surface area (Å²) in [5.41, 5.74) is 7.27. The number of rotatable bonds is 7. The number of nitro groups is 1. The summed E-state index contributed by atoms with van der Waals surface area (Å²) >= 11 is 0. The predicted molar refractivity (Wildman–Crippen MR) is 84.4 cm³/mol. The molecule has 2 rings (SSSR count). The van der Waals surface area contributed by atoms with Gasteiger partial charge < -0.3 is 11.1 Å². The van der Waals surface area contributed by atoms with Gasteiger partial charge in [-0.25, -0.2) is 0 Å². The Balaban J connectivity index is 2.36. The van der Waals surface area contributed by atoms with Crippen LogP contribution in [0, 0.1) is 10.1 Å². The molecular weight excluding hydrogens is 268 g/mol. The van der Waals surface area contributed by atoms with Gasteiger partial charge in [-0.1, -0.05) is 19.8 Å². The van der Waals surface area contributed by atoms with Gasteiger partial charge in [-0.05, 0) is 24.6 Å². The number of hydrogen-bond donors (Lipinski definition) is 2. The summed E-state index contributed by atoms with van der Waals surface area (Å²) in [5.74, 6) is 0. The zero-order valence-corrected chi connectivity index (χ0v) is 12.1. The van der Waals surface area contributed by atoms with Crippen molar-refractivity contribution in [2.45, 2.75) is 32.2 Å². The lowest BCUT2D eigenvalue weighted by atomic mass is 10.1. The molecule has 0 spiro atoms. The molecule has 0 radical (unpaired) electrons. The van der Waals surface area contributed by atoms with E-state index in [-0.39, 0.29) is 16.7 Å². The van der Waals surface area contributed by atoms with Gasteiger partial charge in [-0.15, -0.1) is 0 Å². The summed E-state index contributed by atoms with van der Waals surface area (Å²) in [4.78, 5) is 15.0. The molecule has 1 aromatic heterocycles. The molecule has 0 fully saturated rings. The van der Waals surface area contributed by atoms with Crippen LogP contribution in [-0.2, 0) is 0 Å². The second-order valence-corrected chi connectivity index (χ2v) is 5.01. The smallest absolute Gasteiger partial charge is 0.278 e. The number of anilines is 1. The maximum atomic E-state index is 11.1. The highest BCUT2D eigenvalue weighted by Crippen LogP contribution is 2.30. The van der Waals surface area contributed by atoms with Crippen LogP contribution in [0.1, 0.15) is 26.2 Å². The number of pyridine rings is 1. The second kappa shape index (κ2) is 6.99. The van der Waals surface area contributed by atoms with E-state index in [0.29, 0.717) is 17.4 Å². The maximum Gasteiger partial charge on any atom is 0.278 e. The fourth-order valence-corrected chi connectivity index (χ4v) is 2.35. The summed E-state index contributed by atoms with van der Waals surface area (Å²) in [6, 6.07) is 6.80. The van der Waals surface area contributed by atoms with Crippen LogP contribution in [-0.4, -0.2) is 22.5 Å². The van der Waals surface area contributed by atoms with Gasteiger partial charge in [0.2, 0.25) is 0 Å². The highest BCUT2D eigenvalue weighted by Gasteiger charge is 2.16. The molecule has 3 N–H and O–H groups in total. The van der Waals surface area contributed by atoms with Gasteiger partial charge >= 0.3 is 0 Å². The second-order valence-electron chi connectivity index (χ2n) is 5.01. The molecule has 0 aliphatic heterocycles. The van der Waals surface area contributed by atoms with Crippen LogP contribution < -0.4 is 11.1 Å². The lowest BCUT2D eigenvalue weighted by Crippen LogP contribution is -2.28. The Bertz CT molecular complexity index is 630. The number of hydrogen-bond acceptors (Lipinski definition) is 5. The minimum atomic E-state index is -0.384. The molecule has 1 atom stereocenters. The molecular formula is C15H20N4O2. The van der Waals surface area contributed by atoms with E-state index < -0.39 is 0 Å². The summed E-state index contributed by atoms with van der Waals surface area (Å²) < 4.78 is 0. The van der Waals surface area contributed by atoms with Gasteiger partial charge in [-0.3, -0.25) is 15.1 Å². The van der Waals surface area contributed by atoms with Crippen LogP contribution in [0.4, 0.5) is 11.4 Å². The first kappa shape index (κ1) is 15.2. The lowest BCUT2D eigenvalue weighted by Gasteiger charge is -2.18. The van der Waals surface area contributed by atoms with Gasteiger partial charge in [0.05, 0.1) is 16.0 Å². The maximum absolute atomic E-state index is 11.1. The van der Waals surface area contributed by atoms with Crippen LogP contribution in [0.3, 0.4) is 0 Å². The fraction of sp³-hybridized carbons (Fsp3) is 0.400. The largest absolute Gasteiger partial charge is 0.379 e. The standard InChI is InChI=1S/C15H20N4O2/c1-2-3-5-11(10-16)18-13-7-8-14(19(20)21)12-6-4-9-17-15(12)13/h4,6-9,11,18H,2-3,5,10,16H2,1H3. The Morgan fingerprint density at radius 1 is 1.43 bits per heavy atom. The van der Waals surface area contributed by atoms with Gasteiger partial charge in [-0.2, -0.15) is 0 Å².